The highest BCUT2D eigenvalue weighted by Gasteiger charge is 2.12. The van der Waals surface area contributed by atoms with Gasteiger partial charge >= 0.3 is 6.03 Å². The minimum atomic E-state index is -0.637. The number of ether oxygens (including phenoxy) is 2. The van der Waals surface area contributed by atoms with Gasteiger partial charge in [-0.3, -0.25) is 14.7 Å². The van der Waals surface area contributed by atoms with Crippen LogP contribution < -0.4 is 20.7 Å². The lowest BCUT2D eigenvalue weighted by atomic mass is 10.2. The van der Waals surface area contributed by atoms with E-state index >= 15 is 0 Å². The number of carbonyl (C=O) groups excluding carboxylic acids is 2. The van der Waals surface area contributed by atoms with E-state index in [0.29, 0.717) is 12.3 Å². The highest BCUT2D eigenvalue weighted by molar-refractivity contribution is 5.92. The number of halogens is 1. The molecular formula is C21H26FN5O4. The Bertz CT molecular complexity index is 905. The smallest absolute Gasteiger partial charge is 0.319 e. The number of nitrogens with zero attached hydrogens (tertiary/aromatic N) is 2. The fourth-order valence-electron chi connectivity index (χ4n) is 3.02. The monoisotopic (exact) mass is 431 g/mol. The third-order valence-electron chi connectivity index (χ3n) is 4.66. The predicted molar refractivity (Wildman–Crippen MR) is 113 cm³/mol. The molecule has 10 heteroatoms. The number of aromatic nitrogens is 1. The zero-order chi connectivity index (χ0) is 22.1. The average molecular weight is 431 g/mol. The minimum Gasteiger partial charge on any atom is -0.457 e. The average Bonchev–Trinajstić information content (AvgIpc) is 2.79. The summed E-state index contributed by atoms with van der Waals surface area (Å²) in [5.41, 5.74) is 0.225. The zero-order valence-corrected chi connectivity index (χ0v) is 17.3. The molecule has 0 atom stereocenters. The first-order valence-corrected chi connectivity index (χ1v) is 10.1. The molecule has 0 aliphatic carbocycles. The van der Waals surface area contributed by atoms with Crippen molar-refractivity contribution in [1.29, 1.82) is 0 Å². The first-order chi connectivity index (χ1) is 15.0. The lowest BCUT2D eigenvalue weighted by Crippen LogP contribution is -2.38. The first kappa shape index (κ1) is 22.4. The van der Waals surface area contributed by atoms with Gasteiger partial charge in [-0.25, -0.2) is 9.18 Å². The Morgan fingerprint density at radius 3 is 2.71 bits per heavy atom. The molecule has 1 aliphatic heterocycles. The van der Waals surface area contributed by atoms with Crippen molar-refractivity contribution in [3.63, 3.8) is 0 Å². The Morgan fingerprint density at radius 2 is 1.97 bits per heavy atom. The molecule has 1 aliphatic rings. The molecule has 2 aromatic rings. The maximum Gasteiger partial charge on any atom is 0.319 e. The Labute approximate surface area is 179 Å². The van der Waals surface area contributed by atoms with Gasteiger partial charge in [-0.1, -0.05) is 0 Å². The van der Waals surface area contributed by atoms with Gasteiger partial charge < -0.3 is 25.4 Å². The molecule has 1 aromatic heterocycles. The summed E-state index contributed by atoms with van der Waals surface area (Å²) in [5, 5.41) is 7.69. The molecule has 3 rings (SSSR count). The van der Waals surface area contributed by atoms with Crippen LogP contribution in [-0.2, 0) is 4.74 Å². The number of anilines is 1. The molecule has 2 heterocycles. The summed E-state index contributed by atoms with van der Waals surface area (Å²) < 4.78 is 25.3. The molecule has 0 radical (unpaired) electrons. The van der Waals surface area contributed by atoms with Crippen LogP contribution in [-0.4, -0.2) is 68.3 Å². The highest BCUT2D eigenvalue weighted by atomic mass is 19.1. The molecule has 3 amide bonds. The van der Waals surface area contributed by atoms with Crippen molar-refractivity contribution in [2.24, 2.45) is 0 Å². The molecule has 1 fully saturated rings. The first-order valence-electron chi connectivity index (χ1n) is 10.1. The maximum absolute atomic E-state index is 14.4. The summed E-state index contributed by atoms with van der Waals surface area (Å²) in [6, 6.07) is 6.64. The van der Waals surface area contributed by atoms with Gasteiger partial charge in [0, 0.05) is 45.0 Å². The lowest BCUT2D eigenvalue weighted by Gasteiger charge is -2.26. The maximum atomic E-state index is 14.4. The van der Waals surface area contributed by atoms with Gasteiger partial charge in [-0.15, -0.1) is 0 Å². The molecular weight excluding hydrogens is 405 g/mol. The molecule has 0 unspecified atom stereocenters. The van der Waals surface area contributed by atoms with E-state index in [-0.39, 0.29) is 23.0 Å². The Kier molecular flexibility index (Phi) is 8.13. The van der Waals surface area contributed by atoms with Crippen molar-refractivity contribution in [2.45, 2.75) is 6.42 Å². The number of rotatable bonds is 8. The Hall–Kier alpha value is -3.24. The largest absolute Gasteiger partial charge is 0.457 e. The number of carbonyl (C=O) groups is 2. The van der Waals surface area contributed by atoms with Crippen LogP contribution in [0.15, 0.2) is 36.5 Å². The van der Waals surface area contributed by atoms with Crippen LogP contribution in [0, 0.1) is 5.82 Å². The van der Waals surface area contributed by atoms with Crippen LogP contribution in [0.5, 0.6) is 11.5 Å². The van der Waals surface area contributed by atoms with Crippen LogP contribution in [0.1, 0.15) is 16.9 Å². The lowest BCUT2D eigenvalue weighted by molar-refractivity contribution is 0.0375. The second kappa shape index (κ2) is 11.2. The number of morpholine rings is 1. The number of hydrogen-bond donors (Lipinski definition) is 3. The van der Waals surface area contributed by atoms with Gasteiger partial charge in [0.1, 0.15) is 23.0 Å². The van der Waals surface area contributed by atoms with Crippen molar-refractivity contribution in [2.75, 3.05) is 51.8 Å². The van der Waals surface area contributed by atoms with Crippen LogP contribution in [0.3, 0.4) is 0 Å². The van der Waals surface area contributed by atoms with Gasteiger partial charge in [-0.2, -0.15) is 0 Å². The molecule has 0 spiro atoms. The number of urea groups is 1. The summed E-state index contributed by atoms with van der Waals surface area (Å²) in [7, 11) is 1.50. The number of benzene rings is 1. The van der Waals surface area contributed by atoms with E-state index in [0.717, 1.165) is 45.3 Å². The van der Waals surface area contributed by atoms with E-state index in [1.54, 1.807) is 6.07 Å². The van der Waals surface area contributed by atoms with E-state index < -0.39 is 11.8 Å². The predicted octanol–water partition coefficient (Wildman–Crippen LogP) is 2.22. The molecule has 166 valence electrons. The zero-order valence-electron chi connectivity index (χ0n) is 17.3. The molecule has 1 saturated heterocycles. The van der Waals surface area contributed by atoms with Crippen molar-refractivity contribution in [3.8, 4) is 11.5 Å². The van der Waals surface area contributed by atoms with Gasteiger partial charge in [0.25, 0.3) is 5.91 Å². The fourth-order valence-corrected chi connectivity index (χ4v) is 3.02. The van der Waals surface area contributed by atoms with Gasteiger partial charge in [0.2, 0.25) is 0 Å². The number of hydrogen-bond acceptors (Lipinski definition) is 6. The van der Waals surface area contributed by atoms with Crippen LogP contribution >= 0.6 is 0 Å². The third-order valence-corrected chi connectivity index (χ3v) is 4.66. The summed E-state index contributed by atoms with van der Waals surface area (Å²) in [6.45, 7) is 4.64. The standard InChI is InChI=1S/C21H26FN5O4/c1-23-20(28)19-14-16(5-7-24-19)31-15-3-4-18(17(22)13-15)26-21(29)25-6-2-8-27-9-11-30-12-10-27/h3-5,7,13-14H,2,6,8-12H2,1H3,(H,23,28)(H2,25,26,29). The molecule has 31 heavy (non-hydrogen) atoms. The second-order valence-electron chi connectivity index (χ2n) is 6.89. The summed E-state index contributed by atoms with van der Waals surface area (Å²) in [4.78, 5) is 29.9. The van der Waals surface area contributed by atoms with Crippen molar-refractivity contribution >= 4 is 17.6 Å². The molecule has 9 nitrogen and oxygen atoms in total. The topological polar surface area (TPSA) is 105 Å². The van der Waals surface area contributed by atoms with E-state index in [2.05, 4.69) is 25.8 Å². The summed E-state index contributed by atoms with van der Waals surface area (Å²) >= 11 is 0. The summed E-state index contributed by atoms with van der Waals surface area (Å²) in [5.74, 6) is -0.427. The highest BCUT2D eigenvalue weighted by Crippen LogP contribution is 2.25. The molecule has 0 saturated carbocycles. The second-order valence-corrected chi connectivity index (χ2v) is 6.89. The third kappa shape index (κ3) is 6.90. The van der Waals surface area contributed by atoms with Crippen molar-refractivity contribution in [1.82, 2.24) is 20.5 Å². The van der Waals surface area contributed by atoms with Crippen LogP contribution in [0.25, 0.3) is 0 Å². The van der Waals surface area contributed by atoms with Crippen molar-refractivity contribution in [3.05, 3.63) is 48.0 Å². The summed E-state index contributed by atoms with van der Waals surface area (Å²) in [6.07, 6.45) is 2.22. The quantitative estimate of drug-likeness (QED) is 0.554. The molecule has 1 aromatic carbocycles. The Balaban J connectivity index is 1.47. The van der Waals surface area contributed by atoms with Crippen molar-refractivity contribution < 1.29 is 23.5 Å². The van der Waals surface area contributed by atoms with Gasteiger partial charge in [0.05, 0.1) is 18.9 Å². The number of pyridine rings is 1. The van der Waals surface area contributed by atoms with Gasteiger partial charge in [0.15, 0.2) is 0 Å². The SMILES string of the molecule is CNC(=O)c1cc(Oc2ccc(NC(=O)NCCCN3CCOCC3)c(F)c2)ccn1. The van der Waals surface area contributed by atoms with E-state index in [1.165, 1.54) is 31.4 Å². The van der Waals surface area contributed by atoms with E-state index in [1.807, 2.05) is 0 Å². The Morgan fingerprint density at radius 1 is 1.19 bits per heavy atom. The van der Waals surface area contributed by atoms with Crippen LogP contribution in [0.4, 0.5) is 14.9 Å². The normalized spacial score (nSPS) is 14.0. The van der Waals surface area contributed by atoms with E-state index in [9.17, 15) is 14.0 Å². The van der Waals surface area contributed by atoms with Crippen LogP contribution in [0.2, 0.25) is 0 Å². The number of nitrogens with one attached hydrogen (secondary N) is 3. The number of amides is 3. The van der Waals surface area contributed by atoms with E-state index in [4.69, 9.17) is 9.47 Å². The van der Waals surface area contributed by atoms with Gasteiger partial charge in [-0.05, 0) is 31.2 Å². The molecule has 0 bridgehead atoms. The minimum absolute atomic E-state index is 0.0406. The fraction of sp³-hybridized carbons (Fsp3) is 0.381. The molecule has 3 N–H and O–H groups in total.